The van der Waals surface area contributed by atoms with Crippen LogP contribution in [0.2, 0.25) is 0 Å². The van der Waals surface area contributed by atoms with E-state index in [4.69, 9.17) is 9.47 Å². The zero-order chi connectivity index (χ0) is 14.5. The molecule has 118 valence electrons. The molecule has 0 aromatic heterocycles. The molecule has 1 aliphatic rings. The first-order chi connectivity index (χ1) is 9.86. The molecule has 0 bridgehead atoms. The van der Waals surface area contributed by atoms with E-state index in [0.717, 1.165) is 26.1 Å². The van der Waals surface area contributed by atoms with Crippen LogP contribution in [0.15, 0.2) is 0 Å². The van der Waals surface area contributed by atoms with Gasteiger partial charge in [0.15, 0.2) is 0 Å². The van der Waals surface area contributed by atoms with Gasteiger partial charge in [-0.1, -0.05) is 52.4 Å². The van der Waals surface area contributed by atoms with Gasteiger partial charge >= 0.3 is 0 Å². The Morgan fingerprint density at radius 2 is 1.15 bits per heavy atom. The van der Waals surface area contributed by atoms with Gasteiger partial charge in [-0.3, -0.25) is 0 Å². The van der Waals surface area contributed by atoms with Gasteiger partial charge in [-0.25, -0.2) is 0 Å². The van der Waals surface area contributed by atoms with Crippen LogP contribution < -0.4 is 0 Å². The molecule has 2 unspecified atom stereocenters. The maximum Gasteiger partial charge on any atom is 0.0611 e. The third-order valence-electron chi connectivity index (χ3n) is 3.92. The summed E-state index contributed by atoms with van der Waals surface area (Å²) >= 11 is 0. The minimum atomic E-state index is 0.330. The number of rotatable bonds is 12. The Balaban J connectivity index is 1.91. The quantitative estimate of drug-likeness (QED) is 0.463. The summed E-state index contributed by atoms with van der Waals surface area (Å²) in [4.78, 5) is 0. The number of hydrogen-bond acceptors (Lipinski definition) is 2. The molecule has 20 heavy (non-hydrogen) atoms. The van der Waals surface area contributed by atoms with Gasteiger partial charge in [0.1, 0.15) is 0 Å². The van der Waals surface area contributed by atoms with Gasteiger partial charge < -0.3 is 9.47 Å². The minimum Gasteiger partial charge on any atom is -0.378 e. The first-order valence-corrected chi connectivity index (χ1v) is 8.76. The van der Waals surface area contributed by atoms with Crippen molar-refractivity contribution in [2.75, 3.05) is 13.2 Å². The van der Waals surface area contributed by atoms with Crippen LogP contribution in [0, 0.1) is 12.8 Å². The monoisotopic (exact) mass is 282 g/mol. The molecule has 0 saturated heterocycles. The highest BCUT2D eigenvalue weighted by Gasteiger charge is 2.22. The lowest BCUT2D eigenvalue weighted by Crippen LogP contribution is -2.28. The van der Waals surface area contributed by atoms with E-state index in [0.29, 0.717) is 12.2 Å². The SMILES string of the molecule is CCCCCCOC1[CH]CC(OCCCCCC)[CH]C1. The summed E-state index contributed by atoms with van der Waals surface area (Å²) in [5, 5.41) is 0. The summed E-state index contributed by atoms with van der Waals surface area (Å²) in [7, 11) is 0. The Labute approximate surface area is 126 Å². The fourth-order valence-corrected chi connectivity index (χ4v) is 2.56. The van der Waals surface area contributed by atoms with Gasteiger partial charge in [-0.2, -0.15) is 0 Å². The second-order valence-electron chi connectivity index (χ2n) is 5.88. The van der Waals surface area contributed by atoms with Crippen molar-refractivity contribution >= 4 is 0 Å². The van der Waals surface area contributed by atoms with Crippen molar-refractivity contribution in [3.63, 3.8) is 0 Å². The Morgan fingerprint density at radius 1 is 0.700 bits per heavy atom. The van der Waals surface area contributed by atoms with Crippen LogP contribution >= 0.6 is 0 Å². The Kier molecular flexibility index (Phi) is 11.4. The molecule has 2 nitrogen and oxygen atoms in total. The highest BCUT2D eigenvalue weighted by molar-refractivity contribution is 4.96. The van der Waals surface area contributed by atoms with E-state index < -0.39 is 0 Å². The maximum atomic E-state index is 5.89. The van der Waals surface area contributed by atoms with Crippen LogP contribution in [0.4, 0.5) is 0 Å². The summed E-state index contributed by atoms with van der Waals surface area (Å²) in [5.74, 6) is 0. The van der Waals surface area contributed by atoms with Crippen molar-refractivity contribution in [3.05, 3.63) is 12.8 Å². The van der Waals surface area contributed by atoms with E-state index in [1.807, 2.05) is 0 Å². The molecular formula is C18H34O2. The van der Waals surface area contributed by atoms with Crippen LogP contribution in [0.3, 0.4) is 0 Å². The lowest BCUT2D eigenvalue weighted by Gasteiger charge is -2.28. The van der Waals surface area contributed by atoms with Crippen LogP contribution in [0.1, 0.15) is 78.1 Å². The summed E-state index contributed by atoms with van der Waals surface area (Å²) in [5.41, 5.74) is 0. The fourth-order valence-electron chi connectivity index (χ4n) is 2.56. The van der Waals surface area contributed by atoms with Gasteiger partial charge in [-0.15, -0.1) is 0 Å². The molecule has 2 radical (unpaired) electrons. The maximum absolute atomic E-state index is 5.89. The van der Waals surface area contributed by atoms with Gasteiger partial charge in [0.25, 0.3) is 0 Å². The molecule has 1 aliphatic carbocycles. The van der Waals surface area contributed by atoms with Crippen LogP contribution in [-0.4, -0.2) is 25.4 Å². The van der Waals surface area contributed by atoms with E-state index in [9.17, 15) is 0 Å². The van der Waals surface area contributed by atoms with Gasteiger partial charge in [0.05, 0.1) is 12.2 Å². The smallest absolute Gasteiger partial charge is 0.0611 e. The number of hydrogen-bond donors (Lipinski definition) is 0. The molecule has 0 N–H and O–H groups in total. The number of ether oxygens (including phenoxy) is 2. The van der Waals surface area contributed by atoms with Crippen molar-refractivity contribution in [3.8, 4) is 0 Å². The van der Waals surface area contributed by atoms with Crippen molar-refractivity contribution < 1.29 is 9.47 Å². The minimum absolute atomic E-state index is 0.330. The third-order valence-corrected chi connectivity index (χ3v) is 3.92. The first kappa shape index (κ1) is 18.0. The van der Waals surface area contributed by atoms with E-state index in [-0.39, 0.29) is 0 Å². The fraction of sp³-hybridized carbons (Fsp3) is 0.889. The topological polar surface area (TPSA) is 18.5 Å². The summed E-state index contributed by atoms with van der Waals surface area (Å²) < 4.78 is 11.8. The van der Waals surface area contributed by atoms with Crippen molar-refractivity contribution in [2.24, 2.45) is 0 Å². The molecule has 1 rings (SSSR count). The summed E-state index contributed by atoms with van der Waals surface area (Å²) in [6.45, 7) is 6.31. The molecule has 2 heteroatoms. The van der Waals surface area contributed by atoms with Gasteiger partial charge in [0, 0.05) is 13.2 Å². The van der Waals surface area contributed by atoms with E-state index >= 15 is 0 Å². The molecule has 0 heterocycles. The summed E-state index contributed by atoms with van der Waals surface area (Å²) in [6.07, 6.45) is 17.6. The lowest BCUT2D eigenvalue weighted by atomic mass is 9.95. The second kappa shape index (κ2) is 12.6. The molecule has 2 atom stereocenters. The van der Waals surface area contributed by atoms with Gasteiger partial charge in [-0.05, 0) is 38.5 Å². The third kappa shape index (κ3) is 8.97. The van der Waals surface area contributed by atoms with Crippen molar-refractivity contribution in [2.45, 2.75) is 90.3 Å². The number of unbranched alkanes of at least 4 members (excludes halogenated alkanes) is 6. The predicted octanol–water partition coefficient (Wildman–Crippen LogP) is 5.12. The Morgan fingerprint density at radius 3 is 1.50 bits per heavy atom. The Bertz CT molecular complexity index is 176. The highest BCUT2D eigenvalue weighted by Crippen LogP contribution is 2.22. The highest BCUT2D eigenvalue weighted by atomic mass is 16.5. The molecule has 1 saturated carbocycles. The second-order valence-corrected chi connectivity index (χ2v) is 5.88. The largest absolute Gasteiger partial charge is 0.378 e. The van der Waals surface area contributed by atoms with Gasteiger partial charge in [0.2, 0.25) is 0 Å². The average molecular weight is 282 g/mol. The standard InChI is InChI=1S/C18H34O2/c1-3-5-7-9-15-19-17-11-13-18(14-12-17)20-16-10-8-6-4-2/h11,14,17-18H,3-10,12-13,15-16H2,1-2H3. The molecule has 0 aromatic rings. The van der Waals surface area contributed by atoms with Crippen LogP contribution in [-0.2, 0) is 9.47 Å². The van der Waals surface area contributed by atoms with E-state index in [1.165, 1.54) is 51.4 Å². The molecular weight excluding hydrogens is 248 g/mol. The molecule has 0 spiro atoms. The molecule has 0 aliphatic heterocycles. The Hall–Kier alpha value is -0.0800. The predicted molar refractivity (Wildman–Crippen MR) is 85.6 cm³/mol. The lowest BCUT2D eigenvalue weighted by molar-refractivity contribution is 0.0183. The normalized spacial score (nSPS) is 23.1. The first-order valence-electron chi connectivity index (χ1n) is 8.76. The zero-order valence-corrected chi connectivity index (χ0v) is 13.6. The van der Waals surface area contributed by atoms with Crippen molar-refractivity contribution in [1.29, 1.82) is 0 Å². The van der Waals surface area contributed by atoms with E-state index in [2.05, 4.69) is 26.7 Å². The molecule has 0 amide bonds. The van der Waals surface area contributed by atoms with Crippen LogP contribution in [0.25, 0.3) is 0 Å². The summed E-state index contributed by atoms with van der Waals surface area (Å²) in [6, 6.07) is 0. The molecule has 0 aromatic carbocycles. The average Bonchev–Trinajstić information content (AvgIpc) is 2.48. The molecule has 1 fully saturated rings. The van der Waals surface area contributed by atoms with E-state index in [1.54, 1.807) is 0 Å². The zero-order valence-electron chi connectivity index (χ0n) is 13.6. The van der Waals surface area contributed by atoms with Crippen molar-refractivity contribution in [1.82, 2.24) is 0 Å². The van der Waals surface area contributed by atoms with Crippen LogP contribution in [0.5, 0.6) is 0 Å².